The van der Waals surface area contributed by atoms with Crippen LogP contribution in [0.25, 0.3) is 11.1 Å². The fourth-order valence-electron chi connectivity index (χ4n) is 1.51. The Morgan fingerprint density at radius 2 is 2.18 bits per heavy atom. The third-order valence-corrected chi connectivity index (χ3v) is 3.14. The summed E-state index contributed by atoms with van der Waals surface area (Å²) in [6.45, 7) is 4.53. The molecule has 3 N–H and O–H groups in total. The number of pyridine rings is 1. The highest BCUT2D eigenvalue weighted by Gasteiger charge is 2.12. The first-order chi connectivity index (χ1) is 8.33. The SMILES string of the molecule is C=CCCNc1snc(N)c1-c1ccncc1. The van der Waals surface area contributed by atoms with E-state index in [1.165, 1.54) is 11.5 Å². The molecule has 0 unspecified atom stereocenters. The molecule has 0 aliphatic rings. The predicted octanol–water partition coefficient (Wildman–Crippen LogP) is 2.78. The van der Waals surface area contributed by atoms with Crippen molar-refractivity contribution in [1.29, 1.82) is 0 Å². The molecule has 0 amide bonds. The summed E-state index contributed by atoms with van der Waals surface area (Å²) in [5.41, 5.74) is 7.89. The van der Waals surface area contributed by atoms with Crippen molar-refractivity contribution in [3.63, 3.8) is 0 Å². The Hall–Kier alpha value is -1.88. The van der Waals surface area contributed by atoms with Gasteiger partial charge in [0.2, 0.25) is 0 Å². The van der Waals surface area contributed by atoms with Crippen LogP contribution < -0.4 is 11.1 Å². The van der Waals surface area contributed by atoms with E-state index < -0.39 is 0 Å². The van der Waals surface area contributed by atoms with Crippen molar-refractivity contribution < 1.29 is 0 Å². The van der Waals surface area contributed by atoms with Gasteiger partial charge in [-0.2, -0.15) is 4.37 Å². The zero-order chi connectivity index (χ0) is 12.1. The van der Waals surface area contributed by atoms with Gasteiger partial charge in [-0.3, -0.25) is 4.98 Å². The third-order valence-electron chi connectivity index (χ3n) is 2.32. The van der Waals surface area contributed by atoms with E-state index >= 15 is 0 Å². The van der Waals surface area contributed by atoms with Crippen LogP contribution in [0.1, 0.15) is 6.42 Å². The van der Waals surface area contributed by atoms with Gasteiger partial charge < -0.3 is 11.1 Å². The maximum atomic E-state index is 5.90. The minimum atomic E-state index is 0.558. The lowest BCUT2D eigenvalue weighted by atomic mass is 10.1. The number of anilines is 2. The molecule has 88 valence electrons. The lowest BCUT2D eigenvalue weighted by Crippen LogP contribution is -2.00. The maximum Gasteiger partial charge on any atom is 0.147 e. The molecule has 0 bridgehead atoms. The van der Waals surface area contributed by atoms with Crippen LogP contribution in [0.4, 0.5) is 10.8 Å². The average molecular weight is 246 g/mol. The van der Waals surface area contributed by atoms with Gasteiger partial charge in [0.1, 0.15) is 10.8 Å². The van der Waals surface area contributed by atoms with Crippen molar-refractivity contribution in [2.45, 2.75) is 6.42 Å². The van der Waals surface area contributed by atoms with Gasteiger partial charge in [-0.25, -0.2) is 0 Å². The van der Waals surface area contributed by atoms with Gasteiger partial charge in [0.25, 0.3) is 0 Å². The lowest BCUT2D eigenvalue weighted by Gasteiger charge is -2.05. The Kier molecular flexibility index (Phi) is 3.72. The van der Waals surface area contributed by atoms with E-state index in [-0.39, 0.29) is 0 Å². The van der Waals surface area contributed by atoms with Gasteiger partial charge in [0, 0.05) is 18.9 Å². The van der Waals surface area contributed by atoms with Crippen LogP contribution in [0.3, 0.4) is 0 Å². The zero-order valence-corrected chi connectivity index (χ0v) is 10.2. The summed E-state index contributed by atoms with van der Waals surface area (Å²) < 4.78 is 4.18. The smallest absolute Gasteiger partial charge is 0.147 e. The Balaban J connectivity index is 2.27. The van der Waals surface area contributed by atoms with E-state index in [1.54, 1.807) is 12.4 Å². The molecule has 0 aromatic carbocycles. The van der Waals surface area contributed by atoms with Crippen molar-refractivity contribution in [2.24, 2.45) is 0 Å². The summed E-state index contributed by atoms with van der Waals surface area (Å²) in [5, 5.41) is 4.31. The van der Waals surface area contributed by atoms with E-state index in [2.05, 4.69) is 21.3 Å². The predicted molar refractivity (Wildman–Crippen MR) is 73.1 cm³/mol. The van der Waals surface area contributed by atoms with Crippen LogP contribution in [-0.4, -0.2) is 15.9 Å². The summed E-state index contributed by atoms with van der Waals surface area (Å²) in [5.74, 6) is 0.558. The number of nitrogens with one attached hydrogen (secondary N) is 1. The normalized spacial score (nSPS) is 10.1. The number of nitrogens with zero attached hydrogens (tertiary/aromatic N) is 2. The van der Waals surface area contributed by atoms with Crippen molar-refractivity contribution in [3.05, 3.63) is 37.2 Å². The standard InChI is InChI=1S/C12H14N4S/c1-2-3-6-15-12-10(11(13)16-17-12)9-4-7-14-8-5-9/h2,4-5,7-8,15H,1,3,6H2,(H2,13,16). The second-order valence-corrected chi connectivity index (χ2v) is 4.29. The minimum absolute atomic E-state index is 0.558. The van der Waals surface area contributed by atoms with Crippen molar-refractivity contribution >= 4 is 22.4 Å². The van der Waals surface area contributed by atoms with Gasteiger partial charge in [0.15, 0.2) is 0 Å². The summed E-state index contributed by atoms with van der Waals surface area (Å²) in [4.78, 5) is 4.00. The molecule has 0 saturated heterocycles. The topological polar surface area (TPSA) is 63.8 Å². The van der Waals surface area contributed by atoms with Crippen LogP contribution in [0.15, 0.2) is 37.2 Å². The monoisotopic (exact) mass is 246 g/mol. The van der Waals surface area contributed by atoms with Crippen LogP contribution in [-0.2, 0) is 0 Å². The molecule has 0 atom stereocenters. The van der Waals surface area contributed by atoms with Crippen molar-refractivity contribution in [1.82, 2.24) is 9.36 Å². The Bertz CT molecular complexity index is 492. The molecule has 0 saturated carbocycles. The summed E-state index contributed by atoms with van der Waals surface area (Å²) in [6.07, 6.45) is 6.29. The summed E-state index contributed by atoms with van der Waals surface area (Å²) >= 11 is 1.38. The summed E-state index contributed by atoms with van der Waals surface area (Å²) in [7, 11) is 0. The molecule has 2 aromatic rings. The quantitative estimate of drug-likeness (QED) is 0.629. The molecule has 2 rings (SSSR count). The fourth-order valence-corrected chi connectivity index (χ4v) is 2.27. The van der Waals surface area contributed by atoms with Gasteiger partial charge in [-0.05, 0) is 35.6 Å². The Morgan fingerprint density at radius 1 is 1.41 bits per heavy atom. The van der Waals surface area contributed by atoms with E-state index in [4.69, 9.17) is 5.73 Å². The summed E-state index contributed by atoms with van der Waals surface area (Å²) in [6, 6.07) is 3.86. The molecule has 4 nitrogen and oxygen atoms in total. The fraction of sp³-hybridized carbons (Fsp3) is 0.167. The molecule has 0 aliphatic carbocycles. The number of hydrogen-bond donors (Lipinski definition) is 2. The second-order valence-electron chi connectivity index (χ2n) is 3.51. The van der Waals surface area contributed by atoms with Crippen LogP contribution in [0.2, 0.25) is 0 Å². The molecule has 0 fully saturated rings. The molecule has 0 radical (unpaired) electrons. The van der Waals surface area contributed by atoms with Crippen LogP contribution in [0.5, 0.6) is 0 Å². The highest BCUT2D eigenvalue weighted by molar-refractivity contribution is 7.11. The number of aromatic nitrogens is 2. The van der Waals surface area contributed by atoms with Gasteiger partial charge >= 0.3 is 0 Å². The number of rotatable bonds is 5. The van der Waals surface area contributed by atoms with Gasteiger partial charge in [-0.1, -0.05) is 6.08 Å². The Labute approximate surface area is 104 Å². The Morgan fingerprint density at radius 3 is 2.88 bits per heavy atom. The molecule has 0 aliphatic heterocycles. The van der Waals surface area contributed by atoms with Crippen LogP contribution in [0, 0.1) is 0 Å². The molecule has 5 heteroatoms. The van der Waals surface area contributed by atoms with Gasteiger partial charge in [0.05, 0.1) is 5.56 Å². The van der Waals surface area contributed by atoms with E-state index in [0.29, 0.717) is 5.82 Å². The second kappa shape index (κ2) is 5.45. The molecule has 17 heavy (non-hydrogen) atoms. The van der Waals surface area contributed by atoms with Crippen molar-refractivity contribution in [3.8, 4) is 11.1 Å². The van der Waals surface area contributed by atoms with E-state index in [9.17, 15) is 0 Å². The van der Waals surface area contributed by atoms with Gasteiger partial charge in [-0.15, -0.1) is 6.58 Å². The van der Waals surface area contributed by atoms with Crippen LogP contribution >= 0.6 is 11.5 Å². The average Bonchev–Trinajstić information content (AvgIpc) is 2.72. The number of nitrogens with two attached hydrogens (primary N) is 1. The maximum absolute atomic E-state index is 5.90. The first-order valence-corrected chi connectivity index (χ1v) is 6.10. The lowest BCUT2D eigenvalue weighted by molar-refractivity contribution is 1.08. The molecule has 0 spiro atoms. The third kappa shape index (κ3) is 2.62. The molecular formula is C12H14N4S. The molecular weight excluding hydrogens is 232 g/mol. The van der Waals surface area contributed by atoms with E-state index in [0.717, 1.165) is 29.1 Å². The largest absolute Gasteiger partial charge is 0.382 e. The molecule has 2 heterocycles. The first kappa shape index (κ1) is 11.6. The van der Waals surface area contributed by atoms with E-state index in [1.807, 2.05) is 18.2 Å². The highest BCUT2D eigenvalue weighted by Crippen LogP contribution is 2.36. The number of nitrogen functional groups attached to an aromatic ring is 1. The molecule has 2 aromatic heterocycles. The first-order valence-electron chi connectivity index (χ1n) is 5.33. The highest BCUT2D eigenvalue weighted by atomic mass is 32.1. The van der Waals surface area contributed by atoms with Crippen molar-refractivity contribution in [2.75, 3.05) is 17.6 Å². The zero-order valence-electron chi connectivity index (χ0n) is 9.39. The minimum Gasteiger partial charge on any atom is -0.382 e. The number of hydrogen-bond acceptors (Lipinski definition) is 5.